The number of methoxy groups -OCH3 is 1. The normalized spacial score (nSPS) is 13.1. The first-order valence-electron chi connectivity index (χ1n) is 9.15. The van der Waals surface area contributed by atoms with Gasteiger partial charge in [-0.15, -0.1) is 0 Å². The number of nitrogens with zero attached hydrogens (tertiary/aromatic N) is 2. The second kappa shape index (κ2) is 6.99. The first-order chi connectivity index (χ1) is 13.5. The van der Waals surface area contributed by atoms with Crippen molar-refractivity contribution >= 4 is 22.8 Å². The quantitative estimate of drug-likeness (QED) is 0.736. The largest absolute Gasteiger partial charge is 0.481 e. The highest BCUT2D eigenvalue weighted by molar-refractivity contribution is 5.98. The number of ether oxygens (including phenoxy) is 1. The SMILES string of the molecule is CCN1Cc2nc(OC)c(CNC(=O)c3cc4cccc(C)c4o3)cc2C1=O. The summed E-state index contributed by atoms with van der Waals surface area (Å²) in [5.74, 6) is 0.267. The molecule has 2 aromatic heterocycles. The Morgan fingerprint density at radius 2 is 2.18 bits per heavy atom. The van der Waals surface area contributed by atoms with E-state index in [1.165, 1.54) is 7.11 Å². The van der Waals surface area contributed by atoms with Crippen LogP contribution in [0.4, 0.5) is 0 Å². The zero-order chi connectivity index (χ0) is 19.8. The maximum atomic E-state index is 12.6. The number of fused-ring (bicyclic) bond motifs is 2. The molecule has 0 saturated carbocycles. The molecule has 144 valence electrons. The number of rotatable bonds is 5. The number of hydrogen-bond donors (Lipinski definition) is 1. The third-order valence-electron chi connectivity index (χ3n) is 4.98. The van der Waals surface area contributed by atoms with Gasteiger partial charge in [0.2, 0.25) is 5.88 Å². The molecule has 0 radical (unpaired) electrons. The van der Waals surface area contributed by atoms with Gasteiger partial charge >= 0.3 is 0 Å². The molecule has 0 unspecified atom stereocenters. The predicted octanol–water partition coefficient (Wildman–Crippen LogP) is 3.05. The first-order valence-corrected chi connectivity index (χ1v) is 9.15. The maximum Gasteiger partial charge on any atom is 0.287 e. The molecule has 0 atom stereocenters. The van der Waals surface area contributed by atoms with Crippen LogP contribution >= 0.6 is 0 Å². The smallest absolute Gasteiger partial charge is 0.287 e. The van der Waals surface area contributed by atoms with Gasteiger partial charge in [-0.1, -0.05) is 18.2 Å². The van der Waals surface area contributed by atoms with Crippen molar-refractivity contribution in [1.29, 1.82) is 0 Å². The van der Waals surface area contributed by atoms with Gasteiger partial charge in [-0.2, -0.15) is 0 Å². The molecule has 7 heteroatoms. The molecule has 1 aromatic carbocycles. The second-order valence-electron chi connectivity index (χ2n) is 6.76. The number of aryl methyl sites for hydroxylation is 1. The summed E-state index contributed by atoms with van der Waals surface area (Å²) in [6.07, 6.45) is 0. The third kappa shape index (κ3) is 2.98. The number of amides is 2. The van der Waals surface area contributed by atoms with Crippen molar-refractivity contribution < 1.29 is 18.7 Å². The van der Waals surface area contributed by atoms with E-state index >= 15 is 0 Å². The molecule has 7 nitrogen and oxygen atoms in total. The van der Waals surface area contributed by atoms with Gasteiger partial charge in [-0.25, -0.2) is 4.98 Å². The van der Waals surface area contributed by atoms with Crippen LogP contribution in [0, 0.1) is 6.92 Å². The van der Waals surface area contributed by atoms with E-state index in [1.807, 2.05) is 32.0 Å². The monoisotopic (exact) mass is 379 g/mol. The lowest BCUT2D eigenvalue weighted by Crippen LogP contribution is -2.23. The molecule has 2 amide bonds. The van der Waals surface area contributed by atoms with Crippen molar-refractivity contribution in [2.75, 3.05) is 13.7 Å². The standard InChI is InChI=1S/C21H21N3O4/c1-4-24-11-16-15(21(24)26)8-14(20(23-16)27-3)10-22-19(25)17-9-13-7-5-6-12(2)18(13)28-17/h5-9H,4,10-11H2,1-3H3,(H,22,25). The van der Waals surface area contributed by atoms with E-state index < -0.39 is 0 Å². The lowest BCUT2D eigenvalue weighted by Gasteiger charge is -2.10. The summed E-state index contributed by atoms with van der Waals surface area (Å²) in [7, 11) is 1.52. The van der Waals surface area contributed by atoms with Crippen LogP contribution in [0.15, 0.2) is 34.7 Å². The van der Waals surface area contributed by atoms with Crippen LogP contribution < -0.4 is 10.1 Å². The Labute approximate surface area is 162 Å². The number of pyridine rings is 1. The van der Waals surface area contributed by atoms with Crippen LogP contribution in [-0.2, 0) is 13.1 Å². The number of benzene rings is 1. The molecule has 3 aromatic rings. The highest BCUT2D eigenvalue weighted by Gasteiger charge is 2.29. The van der Waals surface area contributed by atoms with Gasteiger partial charge in [0, 0.05) is 24.0 Å². The lowest BCUT2D eigenvalue weighted by molar-refractivity contribution is 0.0786. The van der Waals surface area contributed by atoms with Crippen LogP contribution in [0.3, 0.4) is 0 Å². The summed E-state index contributed by atoms with van der Waals surface area (Å²) in [6, 6.07) is 9.24. The molecule has 1 aliphatic rings. The minimum atomic E-state index is -0.334. The van der Waals surface area contributed by atoms with Gasteiger partial charge < -0.3 is 19.4 Å². The number of carbonyl (C=O) groups excluding carboxylic acids is 2. The predicted molar refractivity (Wildman–Crippen MR) is 103 cm³/mol. The molecule has 0 fully saturated rings. The third-order valence-corrected chi connectivity index (χ3v) is 4.98. The molecule has 3 heterocycles. The summed E-state index contributed by atoms with van der Waals surface area (Å²) in [6.45, 7) is 5.14. The minimum absolute atomic E-state index is 0.0482. The molecular formula is C21H21N3O4. The summed E-state index contributed by atoms with van der Waals surface area (Å²) in [5.41, 5.74) is 3.58. The van der Waals surface area contributed by atoms with E-state index in [0.29, 0.717) is 41.4 Å². The van der Waals surface area contributed by atoms with Gasteiger partial charge in [-0.3, -0.25) is 9.59 Å². The number of para-hydroxylation sites is 1. The van der Waals surface area contributed by atoms with Crippen molar-refractivity contribution in [3.63, 3.8) is 0 Å². The zero-order valence-corrected chi connectivity index (χ0v) is 16.0. The van der Waals surface area contributed by atoms with E-state index in [1.54, 1.807) is 17.0 Å². The summed E-state index contributed by atoms with van der Waals surface area (Å²) in [4.78, 5) is 31.1. The Morgan fingerprint density at radius 1 is 1.36 bits per heavy atom. The van der Waals surface area contributed by atoms with E-state index in [-0.39, 0.29) is 24.1 Å². The summed E-state index contributed by atoms with van der Waals surface area (Å²) < 4.78 is 11.1. The molecule has 0 spiro atoms. The molecule has 28 heavy (non-hydrogen) atoms. The van der Waals surface area contributed by atoms with Crippen molar-refractivity contribution in [2.45, 2.75) is 26.9 Å². The Bertz CT molecular complexity index is 1090. The van der Waals surface area contributed by atoms with Gasteiger partial charge in [0.05, 0.1) is 24.9 Å². The Hall–Kier alpha value is -3.35. The number of hydrogen-bond acceptors (Lipinski definition) is 5. The lowest BCUT2D eigenvalue weighted by atomic mass is 10.1. The van der Waals surface area contributed by atoms with Crippen molar-refractivity contribution in [2.24, 2.45) is 0 Å². The fourth-order valence-corrected chi connectivity index (χ4v) is 3.44. The fraction of sp³-hybridized carbons (Fsp3) is 0.286. The van der Waals surface area contributed by atoms with Crippen LogP contribution in [0.25, 0.3) is 11.0 Å². The minimum Gasteiger partial charge on any atom is -0.481 e. The summed E-state index contributed by atoms with van der Waals surface area (Å²) in [5, 5.41) is 3.71. The average Bonchev–Trinajstić information content (AvgIpc) is 3.27. The maximum absolute atomic E-state index is 12.6. The number of carbonyl (C=O) groups is 2. The average molecular weight is 379 g/mol. The van der Waals surface area contributed by atoms with Gasteiger partial charge in [0.15, 0.2) is 5.76 Å². The second-order valence-corrected chi connectivity index (χ2v) is 6.76. The zero-order valence-electron chi connectivity index (χ0n) is 16.0. The molecular weight excluding hydrogens is 358 g/mol. The molecule has 0 saturated heterocycles. The Balaban J connectivity index is 1.56. The van der Waals surface area contributed by atoms with E-state index in [2.05, 4.69) is 10.3 Å². The topological polar surface area (TPSA) is 84.7 Å². The van der Waals surface area contributed by atoms with Crippen molar-refractivity contribution in [1.82, 2.24) is 15.2 Å². The van der Waals surface area contributed by atoms with Crippen LogP contribution in [0.1, 0.15) is 44.7 Å². The molecule has 0 aliphatic carbocycles. The van der Waals surface area contributed by atoms with Crippen LogP contribution in [0.2, 0.25) is 0 Å². The van der Waals surface area contributed by atoms with Crippen LogP contribution in [-0.4, -0.2) is 35.4 Å². The molecule has 4 rings (SSSR count). The Morgan fingerprint density at radius 3 is 2.89 bits per heavy atom. The summed E-state index contributed by atoms with van der Waals surface area (Å²) >= 11 is 0. The number of aromatic nitrogens is 1. The number of furan rings is 1. The van der Waals surface area contributed by atoms with Crippen molar-refractivity contribution in [3.05, 3.63) is 58.5 Å². The Kier molecular flexibility index (Phi) is 4.50. The van der Waals surface area contributed by atoms with Gasteiger partial charge in [0.1, 0.15) is 5.58 Å². The van der Waals surface area contributed by atoms with Crippen LogP contribution in [0.5, 0.6) is 5.88 Å². The highest BCUT2D eigenvalue weighted by Crippen LogP contribution is 2.27. The molecule has 1 N–H and O–H groups in total. The van der Waals surface area contributed by atoms with Gasteiger partial charge in [-0.05, 0) is 31.5 Å². The van der Waals surface area contributed by atoms with Gasteiger partial charge in [0.25, 0.3) is 11.8 Å². The fourth-order valence-electron chi connectivity index (χ4n) is 3.44. The first kappa shape index (κ1) is 18.0. The van der Waals surface area contributed by atoms with E-state index in [0.717, 1.165) is 10.9 Å². The van der Waals surface area contributed by atoms with E-state index in [4.69, 9.17) is 9.15 Å². The highest BCUT2D eigenvalue weighted by atomic mass is 16.5. The number of nitrogens with one attached hydrogen (secondary N) is 1. The molecule has 0 bridgehead atoms. The van der Waals surface area contributed by atoms with Crippen molar-refractivity contribution in [3.8, 4) is 5.88 Å². The molecule has 1 aliphatic heterocycles. The van der Waals surface area contributed by atoms with E-state index in [9.17, 15) is 9.59 Å².